The number of nitrogens with zero attached hydrogens (tertiary/aromatic N) is 1. The van der Waals surface area contributed by atoms with Crippen molar-refractivity contribution in [1.29, 1.82) is 0 Å². The Morgan fingerprint density at radius 2 is 1.75 bits per heavy atom. The molecule has 1 fully saturated rings. The van der Waals surface area contributed by atoms with Crippen LogP contribution in [0.1, 0.15) is 29.0 Å². The van der Waals surface area contributed by atoms with Gasteiger partial charge in [-0.15, -0.1) is 0 Å². The molecular formula is C18H15F3N2O. The van der Waals surface area contributed by atoms with Crippen LogP contribution in [0.15, 0.2) is 59.7 Å². The molecule has 0 aliphatic heterocycles. The molecule has 24 heavy (non-hydrogen) atoms. The van der Waals surface area contributed by atoms with E-state index in [9.17, 15) is 18.0 Å². The molecule has 3 nitrogen and oxygen atoms in total. The first-order valence-corrected chi connectivity index (χ1v) is 7.51. The number of hydrazone groups is 1. The Bertz CT molecular complexity index is 756. The van der Waals surface area contributed by atoms with Crippen molar-refractivity contribution in [3.63, 3.8) is 0 Å². The van der Waals surface area contributed by atoms with Gasteiger partial charge >= 0.3 is 6.18 Å². The molecule has 1 amide bonds. The summed E-state index contributed by atoms with van der Waals surface area (Å²) in [6, 6.07) is 14.7. The molecule has 0 saturated heterocycles. The van der Waals surface area contributed by atoms with Gasteiger partial charge in [0.2, 0.25) is 5.91 Å². The molecule has 0 heterocycles. The maximum Gasteiger partial charge on any atom is 0.417 e. The predicted octanol–water partition coefficient (Wildman–Crippen LogP) is 3.96. The van der Waals surface area contributed by atoms with Crippen molar-refractivity contribution >= 4 is 12.1 Å². The summed E-state index contributed by atoms with van der Waals surface area (Å²) in [4.78, 5) is 12.0. The topological polar surface area (TPSA) is 41.5 Å². The largest absolute Gasteiger partial charge is 0.417 e. The molecule has 6 heteroatoms. The Labute approximate surface area is 137 Å². The van der Waals surface area contributed by atoms with Gasteiger partial charge in [-0.1, -0.05) is 48.5 Å². The fourth-order valence-electron chi connectivity index (χ4n) is 2.67. The second-order valence-corrected chi connectivity index (χ2v) is 5.68. The van der Waals surface area contributed by atoms with Gasteiger partial charge in [-0.3, -0.25) is 4.79 Å². The van der Waals surface area contributed by atoms with Crippen LogP contribution in [0.4, 0.5) is 13.2 Å². The summed E-state index contributed by atoms with van der Waals surface area (Å²) < 4.78 is 38.6. The normalized spacial score (nSPS) is 20.1. The Morgan fingerprint density at radius 3 is 2.46 bits per heavy atom. The van der Waals surface area contributed by atoms with Crippen LogP contribution in [0.25, 0.3) is 0 Å². The molecule has 0 aromatic heterocycles. The van der Waals surface area contributed by atoms with Gasteiger partial charge in [0.15, 0.2) is 0 Å². The number of rotatable bonds is 4. The second-order valence-electron chi connectivity index (χ2n) is 5.68. The van der Waals surface area contributed by atoms with Crippen LogP contribution in [-0.4, -0.2) is 12.1 Å². The molecule has 2 aromatic carbocycles. The van der Waals surface area contributed by atoms with Gasteiger partial charge in [0.25, 0.3) is 0 Å². The summed E-state index contributed by atoms with van der Waals surface area (Å²) in [5, 5.41) is 3.68. The van der Waals surface area contributed by atoms with E-state index in [1.807, 2.05) is 30.3 Å². The molecule has 0 bridgehead atoms. The number of halogens is 3. The first-order chi connectivity index (χ1) is 11.5. The van der Waals surface area contributed by atoms with Crippen LogP contribution in [-0.2, 0) is 11.0 Å². The predicted molar refractivity (Wildman–Crippen MR) is 84.5 cm³/mol. The van der Waals surface area contributed by atoms with E-state index in [0.29, 0.717) is 0 Å². The lowest BCUT2D eigenvalue weighted by atomic mass is 10.1. The summed E-state index contributed by atoms with van der Waals surface area (Å²) in [5.41, 5.74) is 2.56. The monoisotopic (exact) mass is 332 g/mol. The molecule has 2 atom stereocenters. The van der Waals surface area contributed by atoms with Gasteiger partial charge in [0, 0.05) is 11.5 Å². The van der Waals surface area contributed by atoms with Gasteiger partial charge in [0.05, 0.1) is 11.8 Å². The van der Waals surface area contributed by atoms with Crippen molar-refractivity contribution in [1.82, 2.24) is 5.43 Å². The number of benzene rings is 2. The highest BCUT2D eigenvalue weighted by Crippen LogP contribution is 2.47. The fourth-order valence-corrected chi connectivity index (χ4v) is 2.67. The number of carbonyl (C=O) groups excluding carboxylic acids is 1. The molecule has 124 valence electrons. The maximum atomic E-state index is 12.9. The van der Waals surface area contributed by atoms with Crippen LogP contribution >= 0.6 is 0 Å². The van der Waals surface area contributed by atoms with Gasteiger partial charge in [-0.05, 0) is 24.0 Å². The van der Waals surface area contributed by atoms with E-state index in [4.69, 9.17) is 0 Å². The van der Waals surface area contributed by atoms with Crippen molar-refractivity contribution in [2.45, 2.75) is 18.5 Å². The maximum absolute atomic E-state index is 12.9. The Kier molecular flexibility index (Phi) is 4.38. The molecule has 0 radical (unpaired) electrons. The number of amides is 1. The number of carbonyl (C=O) groups is 1. The van der Waals surface area contributed by atoms with E-state index >= 15 is 0 Å². The molecule has 0 spiro atoms. The first-order valence-electron chi connectivity index (χ1n) is 7.51. The lowest BCUT2D eigenvalue weighted by Gasteiger charge is -2.09. The average Bonchev–Trinajstić information content (AvgIpc) is 3.36. The van der Waals surface area contributed by atoms with Crippen molar-refractivity contribution in [2.24, 2.45) is 11.0 Å². The van der Waals surface area contributed by atoms with Crippen molar-refractivity contribution in [3.8, 4) is 0 Å². The third kappa shape index (κ3) is 3.64. The zero-order chi connectivity index (χ0) is 17.2. The molecule has 1 N–H and O–H groups in total. The molecular weight excluding hydrogens is 317 g/mol. The zero-order valence-corrected chi connectivity index (χ0v) is 12.6. The van der Waals surface area contributed by atoms with E-state index in [0.717, 1.165) is 24.3 Å². The van der Waals surface area contributed by atoms with E-state index in [1.54, 1.807) is 0 Å². The van der Waals surface area contributed by atoms with Crippen LogP contribution in [0.2, 0.25) is 0 Å². The SMILES string of the molecule is O=C(N/N=C\c1ccccc1C(F)(F)F)[C@H]1C[C@@H]1c1ccccc1. The minimum Gasteiger partial charge on any atom is -0.273 e. The van der Waals surface area contributed by atoms with E-state index < -0.39 is 11.7 Å². The lowest BCUT2D eigenvalue weighted by molar-refractivity contribution is -0.137. The second kappa shape index (κ2) is 6.47. The van der Waals surface area contributed by atoms with Crippen molar-refractivity contribution < 1.29 is 18.0 Å². The smallest absolute Gasteiger partial charge is 0.273 e. The first kappa shape index (κ1) is 16.2. The Morgan fingerprint density at radius 1 is 1.08 bits per heavy atom. The summed E-state index contributed by atoms with van der Waals surface area (Å²) >= 11 is 0. The number of alkyl halides is 3. The van der Waals surface area contributed by atoms with Gasteiger partial charge < -0.3 is 0 Å². The molecule has 2 aromatic rings. The lowest BCUT2D eigenvalue weighted by Crippen LogP contribution is -2.20. The van der Waals surface area contributed by atoms with Crippen molar-refractivity contribution in [2.75, 3.05) is 0 Å². The van der Waals surface area contributed by atoms with E-state index in [2.05, 4.69) is 10.5 Å². The molecule has 1 saturated carbocycles. The van der Waals surface area contributed by atoms with Gasteiger partial charge in [-0.25, -0.2) is 5.43 Å². The van der Waals surface area contributed by atoms with Crippen LogP contribution < -0.4 is 5.43 Å². The zero-order valence-electron chi connectivity index (χ0n) is 12.6. The van der Waals surface area contributed by atoms with Crippen LogP contribution in [0, 0.1) is 5.92 Å². The summed E-state index contributed by atoms with van der Waals surface area (Å²) in [6.45, 7) is 0. The molecule has 1 aliphatic carbocycles. The molecule has 1 aliphatic rings. The van der Waals surface area contributed by atoms with Gasteiger partial charge in [-0.2, -0.15) is 18.3 Å². The van der Waals surface area contributed by atoms with Crippen molar-refractivity contribution in [3.05, 3.63) is 71.3 Å². The highest BCUT2D eigenvalue weighted by Gasteiger charge is 2.43. The summed E-state index contributed by atoms with van der Waals surface area (Å²) in [6.07, 6.45) is -2.70. The average molecular weight is 332 g/mol. The van der Waals surface area contributed by atoms with Crippen LogP contribution in [0.3, 0.4) is 0 Å². The number of hydrogen-bond donors (Lipinski definition) is 1. The third-order valence-electron chi connectivity index (χ3n) is 4.00. The summed E-state index contributed by atoms with van der Waals surface area (Å²) in [7, 11) is 0. The Balaban J connectivity index is 1.61. The Hall–Kier alpha value is -2.63. The van der Waals surface area contributed by atoms with Gasteiger partial charge in [0.1, 0.15) is 0 Å². The minimum absolute atomic E-state index is 0.0827. The van der Waals surface area contributed by atoms with E-state index in [-0.39, 0.29) is 23.3 Å². The summed E-state index contributed by atoms with van der Waals surface area (Å²) in [5.74, 6) is -0.295. The fraction of sp³-hybridized carbons (Fsp3) is 0.222. The van der Waals surface area contributed by atoms with Crippen LogP contribution in [0.5, 0.6) is 0 Å². The quantitative estimate of drug-likeness (QED) is 0.668. The minimum atomic E-state index is -4.46. The standard InChI is InChI=1S/C18H15F3N2O/c19-18(20,21)16-9-5-4-8-13(16)11-22-23-17(24)15-10-14(15)12-6-2-1-3-7-12/h1-9,11,14-15H,10H2,(H,23,24)/b22-11-/t14-,15+/m1/s1. The number of nitrogens with one attached hydrogen (secondary N) is 1. The highest BCUT2D eigenvalue weighted by molar-refractivity contribution is 5.86. The molecule has 3 rings (SSSR count). The van der Waals surface area contributed by atoms with E-state index in [1.165, 1.54) is 18.2 Å². The third-order valence-corrected chi connectivity index (χ3v) is 4.00. The highest BCUT2D eigenvalue weighted by atomic mass is 19.4. The molecule has 0 unspecified atom stereocenters. The number of hydrogen-bond acceptors (Lipinski definition) is 2.